The molecular formula is C13H14N4O4. The molecule has 2 saturated heterocycles. The van der Waals surface area contributed by atoms with Crippen LogP contribution in [0.2, 0.25) is 0 Å². The molecule has 8 nitrogen and oxygen atoms in total. The molecule has 1 aromatic carbocycles. The Morgan fingerprint density at radius 1 is 1.38 bits per heavy atom. The summed E-state index contributed by atoms with van der Waals surface area (Å²) in [4.78, 5) is 36.7. The van der Waals surface area contributed by atoms with Crippen LogP contribution in [0.3, 0.4) is 0 Å². The van der Waals surface area contributed by atoms with Gasteiger partial charge in [0, 0.05) is 37.9 Å². The Labute approximate surface area is 120 Å². The number of carbonyl (C=O) groups excluding carboxylic acids is 2. The summed E-state index contributed by atoms with van der Waals surface area (Å²) in [5, 5.41) is 13.6. The standard InChI is InChI=1S/C13H14N4O4/c18-8-9-5-10(1-2-12(9)17(20)21)15-3-4-16-11(7-15)6-14-13(16)19/h1-2,5,8,11H,3-4,6-7H2,(H,14,19). The topological polar surface area (TPSA) is 95.8 Å². The minimum Gasteiger partial charge on any atom is -0.368 e. The predicted octanol–water partition coefficient (Wildman–Crippen LogP) is 0.621. The summed E-state index contributed by atoms with van der Waals surface area (Å²) in [5.41, 5.74) is 0.646. The van der Waals surface area contributed by atoms with Crippen molar-refractivity contribution in [1.29, 1.82) is 0 Å². The Kier molecular flexibility index (Phi) is 3.20. The number of benzene rings is 1. The van der Waals surface area contributed by atoms with Gasteiger partial charge in [-0.3, -0.25) is 14.9 Å². The highest BCUT2D eigenvalue weighted by Crippen LogP contribution is 2.26. The minimum atomic E-state index is -0.564. The van der Waals surface area contributed by atoms with Crippen LogP contribution in [0.25, 0.3) is 0 Å². The fraction of sp³-hybridized carbons (Fsp3) is 0.385. The number of hydrogen-bond acceptors (Lipinski definition) is 5. The zero-order chi connectivity index (χ0) is 15.0. The molecule has 8 heteroatoms. The Bertz CT molecular complexity index is 618. The molecule has 2 aliphatic heterocycles. The van der Waals surface area contributed by atoms with Crippen molar-refractivity contribution in [3.8, 4) is 0 Å². The summed E-state index contributed by atoms with van der Waals surface area (Å²) < 4.78 is 0. The van der Waals surface area contributed by atoms with Crippen LogP contribution in [0.1, 0.15) is 10.4 Å². The van der Waals surface area contributed by atoms with E-state index in [0.717, 1.165) is 5.69 Å². The molecule has 0 saturated carbocycles. The second kappa shape index (κ2) is 5.04. The van der Waals surface area contributed by atoms with Gasteiger partial charge in [0.15, 0.2) is 6.29 Å². The van der Waals surface area contributed by atoms with Crippen molar-refractivity contribution in [2.45, 2.75) is 6.04 Å². The van der Waals surface area contributed by atoms with Crippen LogP contribution >= 0.6 is 0 Å². The van der Waals surface area contributed by atoms with Gasteiger partial charge in [-0.15, -0.1) is 0 Å². The largest absolute Gasteiger partial charge is 0.368 e. The average molecular weight is 290 g/mol. The average Bonchev–Trinajstić information content (AvgIpc) is 2.87. The quantitative estimate of drug-likeness (QED) is 0.500. The lowest BCUT2D eigenvalue weighted by atomic mass is 10.1. The molecule has 2 fully saturated rings. The van der Waals surface area contributed by atoms with Crippen molar-refractivity contribution in [2.75, 3.05) is 31.1 Å². The molecule has 2 amide bonds. The summed E-state index contributed by atoms with van der Waals surface area (Å²) >= 11 is 0. The van der Waals surface area contributed by atoms with Gasteiger partial charge in [-0.25, -0.2) is 4.79 Å². The summed E-state index contributed by atoms with van der Waals surface area (Å²) in [6.45, 7) is 2.49. The van der Waals surface area contributed by atoms with E-state index in [2.05, 4.69) is 5.32 Å². The first kappa shape index (κ1) is 13.3. The van der Waals surface area contributed by atoms with E-state index in [1.807, 2.05) is 4.90 Å². The van der Waals surface area contributed by atoms with Crippen molar-refractivity contribution in [3.05, 3.63) is 33.9 Å². The second-order valence-electron chi connectivity index (χ2n) is 5.10. The number of nitro groups is 1. The molecule has 0 aliphatic carbocycles. The van der Waals surface area contributed by atoms with E-state index in [0.29, 0.717) is 32.5 Å². The van der Waals surface area contributed by atoms with Crippen LogP contribution in [0.15, 0.2) is 18.2 Å². The number of piperazine rings is 1. The van der Waals surface area contributed by atoms with E-state index in [1.54, 1.807) is 11.0 Å². The van der Waals surface area contributed by atoms with Crippen molar-refractivity contribution < 1.29 is 14.5 Å². The molecule has 3 rings (SSSR count). The third-order valence-corrected chi connectivity index (χ3v) is 3.93. The van der Waals surface area contributed by atoms with Crippen molar-refractivity contribution in [2.24, 2.45) is 0 Å². The third kappa shape index (κ3) is 2.28. The van der Waals surface area contributed by atoms with Gasteiger partial charge in [-0.05, 0) is 12.1 Å². The molecule has 1 atom stereocenters. The van der Waals surface area contributed by atoms with Gasteiger partial charge in [-0.2, -0.15) is 0 Å². The fourth-order valence-corrected chi connectivity index (χ4v) is 2.84. The normalized spacial score (nSPS) is 21.0. The second-order valence-corrected chi connectivity index (χ2v) is 5.10. The summed E-state index contributed by atoms with van der Waals surface area (Å²) in [5.74, 6) is 0. The molecule has 1 aromatic rings. The molecule has 0 bridgehead atoms. The van der Waals surface area contributed by atoms with Crippen LogP contribution in [0, 0.1) is 10.1 Å². The number of anilines is 1. The van der Waals surface area contributed by atoms with Gasteiger partial charge in [0.1, 0.15) is 0 Å². The predicted molar refractivity (Wildman–Crippen MR) is 74.6 cm³/mol. The molecule has 1 N–H and O–H groups in total. The Morgan fingerprint density at radius 3 is 2.90 bits per heavy atom. The zero-order valence-corrected chi connectivity index (χ0v) is 11.2. The van der Waals surface area contributed by atoms with Gasteiger partial charge in [0.25, 0.3) is 5.69 Å². The lowest BCUT2D eigenvalue weighted by molar-refractivity contribution is -0.385. The van der Waals surface area contributed by atoms with Gasteiger partial charge >= 0.3 is 6.03 Å². The number of amides is 2. The molecule has 2 aliphatic rings. The van der Waals surface area contributed by atoms with Crippen molar-refractivity contribution >= 4 is 23.7 Å². The highest BCUT2D eigenvalue weighted by Gasteiger charge is 2.35. The molecular weight excluding hydrogens is 276 g/mol. The molecule has 0 spiro atoms. The Morgan fingerprint density at radius 2 is 2.19 bits per heavy atom. The number of carbonyl (C=O) groups is 2. The van der Waals surface area contributed by atoms with Crippen LogP contribution in [0.4, 0.5) is 16.2 Å². The summed E-state index contributed by atoms with van der Waals surface area (Å²) in [6, 6.07) is 4.58. The zero-order valence-electron chi connectivity index (χ0n) is 11.2. The molecule has 0 aromatic heterocycles. The maximum atomic E-state index is 11.5. The maximum absolute atomic E-state index is 11.5. The van der Waals surface area contributed by atoms with E-state index < -0.39 is 4.92 Å². The molecule has 1 unspecified atom stereocenters. The Hall–Kier alpha value is -2.64. The lowest BCUT2D eigenvalue weighted by Gasteiger charge is -2.37. The number of nitrogens with one attached hydrogen (secondary N) is 1. The maximum Gasteiger partial charge on any atom is 0.317 e. The summed E-state index contributed by atoms with van der Waals surface area (Å²) in [7, 11) is 0. The molecule has 110 valence electrons. The SMILES string of the molecule is O=Cc1cc(N2CCN3C(=O)NCC3C2)ccc1[N+](=O)[O-]. The smallest absolute Gasteiger partial charge is 0.317 e. The molecule has 0 radical (unpaired) electrons. The van der Waals surface area contributed by atoms with E-state index in [4.69, 9.17) is 0 Å². The van der Waals surface area contributed by atoms with Gasteiger partial charge in [0.2, 0.25) is 0 Å². The Balaban J connectivity index is 1.83. The number of rotatable bonds is 3. The molecule has 2 heterocycles. The van der Waals surface area contributed by atoms with Crippen molar-refractivity contribution in [3.63, 3.8) is 0 Å². The van der Waals surface area contributed by atoms with Crippen LogP contribution in [-0.2, 0) is 0 Å². The number of aldehydes is 1. The first-order valence-corrected chi connectivity index (χ1v) is 6.63. The van der Waals surface area contributed by atoms with Crippen LogP contribution in [0.5, 0.6) is 0 Å². The highest BCUT2D eigenvalue weighted by atomic mass is 16.6. The number of nitro benzene ring substituents is 1. The monoisotopic (exact) mass is 290 g/mol. The fourth-order valence-electron chi connectivity index (χ4n) is 2.84. The number of nitrogens with zero attached hydrogens (tertiary/aromatic N) is 3. The number of hydrogen-bond donors (Lipinski definition) is 1. The van der Waals surface area contributed by atoms with Crippen molar-refractivity contribution in [1.82, 2.24) is 10.2 Å². The molecule has 21 heavy (non-hydrogen) atoms. The van der Waals surface area contributed by atoms with Crippen LogP contribution < -0.4 is 10.2 Å². The van der Waals surface area contributed by atoms with Gasteiger partial charge in [0.05, 0.1) is 16.5 Å². The van der Waals surface area contributed by atoms with E-state index in [1.165, 1.54) is 12.1 Å². The highest BCUT2D eigenvalue weighted by molar-refractivity contribution is 5.83. The van der Waals surface area contributed by atoms with Gasteiger partial charge in [-0.1, -0.05) is 0 Å². The first-order chi connectivity index (χ1) is 10.1. The lowest BCUT2D eigenvalue weighted by Crippen LogP contribution is -2.52. The summed E-state index contributed by atoms with van der Waals surface area (Å²) in [6.07, 6.45) is 0.499. The first-order valence-electron chi connectivity index (χ1n) is 6.63. The van der Waals surface area contributed by atoms with E-state index >= 15 is 0 Å². The van der Waals surface area contributed by atoms with E-state index in [-0.39, 0.29) is 23.3 Å². The van der Waals surface area contributed by atoms with Gasteiger partial charge < -0.3 is 15.1 Å². The number of fused-ring (bicyclic) bond motifs is 1. The van der Waals surface area contributed by atoms with Crippen LogP contribution in [-0.4, -0.2) is 54.4 Å². The third-order valence-electron chi connectivity index (χ3n) is 3.93. The minimum absolute atomic E-state index is 0.0445. The number of urea groups is 1. The van der Waals surface area contributed by atoms with E-state index in [9.17, 15) is 19.7 Å².